The molecule has 0 aromatic heterocycles. The first-order valence-corrected chi connectivity index (χ1v) is 6.93. The molecule has 2 N–H and O–H groups in total. The van der Waals surface area contributed by atoms with E-state index in [0.717, 1.165) is 6.07 Å². The fourth-order valence-corrected chi connectivity index (χ4v) is 1.62. The van der Waals surface area contributed by atoms with E-state index in [9.17, 15) is 14.0 Å². The van der Waals surface area contributed by atoms with Crippen LogP contribution in [0.5, 0.6) is 0 Å². The standard InChI is InChI=1S/C14H18ClFN2O3/c1-9(2)21-7-3-6-17-13(19)14(20)18-10-4-5-12(16)11(15)8-10/h4-5,8-9H,3,6-7H2,1-2H3,(H,17,19)(H,18,20). The number of hydrogen-bond donors (Lipinski definition) is 2. The van der Waals surface area contributed by atoms with E-state index in [4.69, 9.17) is 16.3 Å². The van der Waals surface area contributed by atoms with E-state index >= 15 is 0 Å². The molecule has 21 heavy (non-hydrogen) atoms. The second kappa shape index (κ2) is 8.59. The van der Waals surface area contributed by atoms with Crippen molar-refractivity contribution in [3.8, 4) is 0 Å². The van der Waals surface area contributed by atoms with Crippen LogP contribution in [0.3, 0.4) is 0 Å². The van der Waals surface area contributed by atoms with Gasteiger partial charge in [-0.05, 0) is 38.5 Å². The maximum absolute atomic E-state index is 13.0. The zero-order valence-corrected chi connectivity index (χ0v) is 12.7. The van der Waals surface area contributed by atoms with Gasteiger partial charge in [-0.15, -0.1) is 0 Å². The Morgan fingerprint density at radius 1 is 1.33 bits per heavy atom. The molecule has 7 heteroatoms. The van der Waals surface area contributed by atoms with Gasteiger partial charge in [-0.25, -0.2) is 4.39 Å². The van der Waals surface area contributed by atoms with Gasteiger partial charge in [-0.2, -0.15) is 0 Å². The van der Waals surface area contributed by atoms with Gasteiger partial charge in [0, 0.05) is 18.8 Å². The van der Waals surface area contributed by atoms with Gasteiger partial charge >= 0.3 is 11.8 Å². The van der Waals surface area contributed by atoms with Gasteiger partial charge in [-0.3, -0.25) is 9.59 Å². The van der Waals surface area contributed by atoms with Crippen molar-refractivity contribution in [2.24, 2.45) is 0 Å². The Balaban J connectivity index is 2.34. The maximum atomic E-state index is 13.0. The van der Waals surface area contributed by atoms with Gasteiger partial charge in [0.05, 0.1) is 11.1 Å². The normalized spacial score (nSPS) is 10.5. The molecule has 0 radical (unpaired) electrons. The molecule has 116 valence electrons. The van der Waals surface area contributed by atoms with Crippen LogP contribution in [0.2, 0.25) is 5.02 Å². The number of benzene rings is 1. The topological polar surface area (TPSA) is 67.4 Å². The van der Waals surface area contributed by atoms with Crippen LogP contribution in [0, 0.1) is 5.82 Å². The monoisotopic (exact) mass is 316 g/mol. The molecule has 2 amide bonds. The summed E-state index contributed by atoms with van der Waals surface area (Å²) in [7, 11) is 0. The summed E-state index contributed by atoms with van der Waals surface area (Å²) < 4.78 is 18.3. The predicted octanol–water partition coefficient (Wildman–Crippen LogP) is 2.35. The van der Waals surface area contributed by atoms with Crippen LogP contribution < -0.4 is 10.6 Å². The first-order valence-electron chi connectivity index (χ1n) is 6.56. The third kappa shape index (κ3) is 6.55. The van der Waals surface area contributed by atoms with Crippen LogP contribution in [0.25, 0.3) is 0 Å². The number of nitrogens with one attached hydrogen (secondary N) is 2. The van der Waals surface area contributed by atoms with Crippen LogP contribution >= 0.6 is 11.6 Å². The van der Waals surface area contributed by atoms with Gasteiger partial charge in [0.25, 0.3) is 0 Å². The largest absolute Gasteiger partial charge is 0.379 e. The summed E-state index contributed by atoms with van der Waals surface area (Å²) >= 11 is 5.58. The molecular formula is C14H18ClFN2O3. The number of ether oxygens (including phenoxy) is 1. The van der Waals surface area contributed by atoms with E-state index in [1.54, 1.807) is 0 Å². The summed E-state index contributed by atoms with van der Waals surface area (Å²) in [6.45, 7) is 4.68. The molecule has 0 aliphatic rings. The van der Waals surface area contributed by atoms with E-state index in [2.05, 4.69) is 10.6 Å². The average molecular weight is 317 g/mol. The molecule has 0 unspecified atom stereocenters. The minimum Gasteiger partial charge on any atom is -0.379 e. The molecule has 1 aromatic carbocycles. The third-order valence-corrected chi connectivity index (χ3v) is 2.73. The van der Waals surface area contributed by atoms with Gasteiger partial charge in [0.2, 0.25) is 0 Å². The Bertz CT molecular complexity index is 509. The summed E-state index contributed by atoms with van der Waals surface area (Å²) in [5.74, 6) is -2.19. The highest BCUT2D eigenvalue weighted by Gasteiger charge is 2.13. The average Bonchev–Trinajstić information content (AvgIpc) is 2.42. The number of hydrogen-bond acceptors (Lipinski definition) is 3. The number of amides is 2. The van der Waals surface area contributed by atoms with Crippen molar-refractivity contribution in [1.82, 2.24) is 5.32 Å². The second-order valence-corrected chi connectivity index (χ2v) is 5.02. The minimum atomic E-state index is -0.831. The van der Waals surface area contributed by atoms with Gasteiger partial charge in [0.1, 0.15) is 5.82 Å². The van der Waals surface area contributed by atoms with Crippen molar-refractivity contribution in [2.75, 3.05) is 18.5 Å². The molecule has 0 spiro atoms. The lowest BCUT2D eigenvalue weighted by molar-refractivity contribution is -0.136. The lowest BCUT2D eigenvalue weighted by Crippen LogP contribution is -2.36. The van der Waals surface area contributed by atoms with Gasteiger partial charge in [0.15, 0.2) is 0 Å². The summed E-state index contributed by atoms with van der Waals surface area (Å²) in [5, 5.41) is 4.67. The predicted molar refractivity (Wildman–Crippen MR) is 78.8 cm³/mol. The Hall–Kier alpha value is -1.66. The smallest absolute Gasteiger partial charge is 0.313 e. The fourth-order valence-electron chi connectivity index (χ4n) is 1.44. The SMILES string of the molecule is CC(C)OCCCNC(=O)C(=O)Nc1ccc(F)c(Cl)c1. The van der Waals surface area contributed by atoms with E-state index < -0.39 is 17.6 Å². The maximum Gasteiger partial charge on any atom is 0.313 e. The first-order chi connectivity index (χ1) is 9.90. The van der Waals surface area contributed by atoms with E-state index in [1.165, 1.54) is 12.1 Å². The highest BCUT2D eigenvalue weighted by atomic mass is 35.5. The number of carbonyl (C=O) groups excluding carboxylic acids is 2. The molecule has 1 aromatic rings. The zero-order chi connectivity index (χ0) is 15.8. The minimum absolute atomic E-state index is 0.126. The van der Waals surface area contributed by atoms with Crippen LogP contribution in [-0.2, 0) is 14.3 Å². The fraction of sp³-hybridized carbons (Fsp3) is 0.429. The lowest BCUT2D eigenvalue weighted by atomic mass is 10.3. The first kappa shape index (κ1) is 17.4. The molecule has 1 rings (SSSR count). The summed E-state index contributed by atoms with van der Waals surface area (Å²) in [6.07, 6.45) is 0.742. The number of halogens is 2. The van der Waals surface area contributed by atoms with Crippen molar-refractivity contribution < 1.29 is 18.7 Å². The molecular weight excluding hydrogens is 299 g/mol. The Morgan fingerprint density at radius 2 is 2.05 bits per heavy atom. The van der Waals surface area contributed by atoms with Crippen LogP contribution in [0.1, 0.15) is 20.3 Å². The quantitative estimate of drug-likeness (QED) is 0.625. The molecule has 0 aliphatic carbocycles. The molecule has 0 bridgehead atoms. The Morgan fingerprint density at radius 3 is 2.67 bits per heavy atom. The van der Waals surface area contributed by atoms with Crippen molar-refractivity contribution >= 4 is 29.1 Å². The van der Waals surface area contributed by atoms with Crippen molar-refractivity contribution in [1.29, 1.82) is 0 Å². The molecule has 0 aliphatic heterocycles. The van der Waals surface area contributed by atoms with E-state index in [0.29, 0.717) is 19.6 Å². The molecule has 0 saturated carbocycles. The van der Waals surface area contributed by atoms with Gasteiger partial charge < -0.3 is 15.4 Å². The van der Waals surface area contributed by atoms with Crippen LogP contribution in [-0.4, -0.2) is 31.1 Å². The third-order valence-electron chi connectivity index (χ3n) is 2.44. The van der Waals surface area contributed by atoms with E-state index in [-0.39, 0.29) is 16.8 Å². The highest BCUT2D eigenvalue weighted by molar-refractivity contribution is 6.39. The number of anilines is 1. The second-order valence-electron chi connectivity index (χ2n) is 4.61. The summed E-state index contributed by atoms with van der Waals surface area (Å²) in [4.78, 5) is 23.1. The van der Waals surface area contributed by atoms with Crippen molar-refractivity contribution in [3.05, 3.63) is 29.0 Å². The number of rotatable bonds is 6. The molecule has 0 saturated heterocycles. The van der Waals surface area contributed by atoms with Crippen LogP contribution in [0.15, 0.2) is 18.2 Å². The molecule has 0 atom stereocenters. The van der Waals surface area contributed by atoms with Crippen molar-refractivity contribution in [3.63, 3.8) is 0 Å². The number of carbonyl (C=O) groups is 2. The molecule has 0 heterocycles. The van der Waals surface area contributed by atoms with Crippen LogP contribution in [0.4, 0.5) is 10.1 Å². The van der Waals surface area contributed by atoms with E-state index in [1.807, 2.05) is 13.8 Å². The molecule has 5 nitrogen and oxygen atoms in total. The summed E-state index contributed by atoms with van der Waals surface area (Å²) in [5.41, 5.74) is 0.254. The van der Waals surface area contributed by atoms with Gasteiger partial charge in [-0.1, -0.05) is 11.6 Å². The highest BCUT2D eigenvalue weighted by Crippen LogP contribution is 2.19. The Kier molecular flexibility index (Phi) is 7.11. The molecule has 0 fully saturated rings. The lowest BCUT2D eigenvalue weighted by Gasteiger charge is -2.09. The summed E-state index contributed by atoms with van der Waals surface area (Å²) in [6, 6.07) is 3.67. The Labute approximate surface area is 127 Å². The zero-order valence-electron chi connectivity index (χ0n) is 11.9. The van der Waals surface area contributed by atoms with Crippen molar-refractivity contribution in [2.45, 2.75) is 26.4 Å².